The molecule has 0 atom stereocenters. The molecule has 0 rings (SSSR count). The van der Waals surface area contributed by atoms with Gasteiger partial charge in [-0.15, -0.1) is 0 Å². The van der Waals surface area contributed by atoms with Crippen molar-refractivity contribution in [2.45, 2.75) is 227 Å². The van der Waals surface area contributed by atoms with E-state index >= 15 is 0 Å². The Labute approximate surface area is 302 Å². The highest BCUT2D eigenvalue weighted by Gasteiger charge is 2.00. The monoisotopic (exact) mass is 675 g/mol. The number of allylic oxidation sites excluding steroid dienone is 6. The van der Waals surface area contributed by atoms with Gasteiger partial charge in [-0.3, -0.25) is 9.59 Å². The lowest BCUT2D eigenvalue weighted by molar-refractivity contribution is -0.121. The molecule has 0 aromatic rings. The highest BCUT2D eigenvalue weighted by atomic mass is 16.1. The molecule has 284 valence electrons. The molecule has 48 heavy (non-hydrogen) atoms. The molecular weight excluding hydrogens is 588 g/mol. The maximum Gasteiger partial charge on any atom is 0.219 e. The van der Waals surface area contributed by atoms with Crippen molar-refractivity contribution >= 4 is 11.8 Å². The zero-order chi connectivity index (χ0) is 36.0. The van der Waals surface area contributed by atoms with Crippen LogP contribution in [-0.4, -0.2) is 18.4 Å². The lowest BCUT2D eigenvalue weighted by Crippen LogP contribution is -2.23. The number of hydrogen-bond donors (Lipinski definition) is 2. The molecule has 0 aliphatic rings. The average Bonchev–Trinajstić information content (AvgIpc) is 3.09. The van der Waals surface area contributed by atoms with Gasteiger partial charge in [0, 0.05) is 19.4 Å². The van der Waals surface area contributed by atoms with E-state index in [4.69, 9.17) is 5.73 Å². The summed E-state index contributed by atoms with van der Waals surface area (Å²) in [4.78, 5) is 22.2. The number of hydrogen-bond acceptors (Lipinski definition) is 2. The first-order valence-corrected chi connectivity index (χ1v) is 21.1. The molecule has 0 radical (unpaired) electrons. The van der Waals surface area contributed by atoms with Gasteiger partial charge in [0.2, 0.25) is 11.8 Å². The fourth-order valence-electron chi connectivity index (χ4n) is 5.44. The minimum Gasteiger partial charge on any atom is -0.370 e. The topological polar surface area (TPSA) is 72.2 Å². The summed E-state index contributed by atoms with van der Waals surface area (Å²) in [7, 11) is 0. The van der Waals surface area contributed by atoms with E-state index in [0.29, 0.717) is 6.42 Å². The fraction of sp³-hybridized carbons (Fsp3) is 0.818. The van der Waals surface area contributed by atoms with E-state index in [2.05, 4.69) is 62.5 Å². The minimum atomic E-state index is -0.175. The SMILES string of the molecule is CC.CC/C=C\C/C=C\C/C=C\CCCCCCCC(N)=O.CCCCCCCCCCCCCCCCCC(=O)NCCCCCC. The van der Waals surface area contributed by atoms with Crippen molar-refractivity contribution in [3.63, 3.8) is 0 Å². The van der Waals surface area contributed by atoms with Gasteiger partial charge in [-0.05, 0) is 51.4 Å². The quantitative estimate of drug-likeness (QED) is 0.0526. The Bertz CT molecular complexity index is 698. The number of unbranched alkanes of at least 4 members (excludes halogenated alkanes) is 22. The van der Waals surface area contributed by atoms with Gasteiger partial charge in [-0.1, -0.05) is 199 Å². The molecule has 0 aliphatic carbocycles. The average molecular weight is 675 g/mol. The Hall–Kier alpha value is -1.84. The number of carbonyl (C=O) groups excluding carboxylic acids is 2. The smallest absolute Gasteiger partial charge is 0.219 e. The Morgan fingerprint density at radius 2 is 0.833 bits per heavy atom. The number of amides is 2. The Morgan fingerprint density at radius 1 is 0.458 bits per heavy atom. The van der Waals surface area contributed by atoms with Crippen molar-refractivity contribution in [3.8, 4) is 0 Å². The molecule has 0 bridgehead atoms. The highest BCUT2D eigenvalue weighted by Crippen LogP contribution is 2.14. The first-order valence-electron chi connectivity index (χ1n) is 21.1. The standard InChI is InChI=1S/C24H49NO.C18H31NO.C2H6/c1-3-5-7-9-10-11-12-13-14-15-16-17-18-19-20-22-24(26)25-23-21-8-6-4-2;1-2-3-4-5-6-7-8-9-10-11-12-13-14-15-16-17-18(19)20;1-2/h3-23H2,1-2H3,(H,25,26);3-4,6-7,9-10H,2,5,8,11-17H2,1H3,(H2,19,20);1-2H3/b;4-3-,7-6-,10-9-;. The molecule has 4 nitrogen and oxygen atoms in total. The molecule has 0 aromatic heterocycles. The van der Waals surface area contributed by atoms with Crippen molar-refractivity contribution in [1.82, 2.24) is 5.32 Å². The normalized spacial score (nSPS) is 11.1. The maximum atomic E-state index is 11.7. The van der Waals surface area contributed by atoms with Crippen LogP contribution in [0.3, 0.4) is 0 Å². The summed E-state index contributed by atoms with van der Waals surface area (Å²) in [6.07, 6.45) is 50.3. The third-order valence-corrected chi connectivity index (χ3v) is 8.43. The summed E-state index contributed by atoms with van der Waals surface area (Å²) in [5, 5.41) is 3.05. The maximum absolute atomic E-state index is 11.7. The first kappa shape index (κ1) is 50.5. The van der Waals surface area contributed by atoms with Crippen molar-refractivity contribution < 1.29 is 9.59 Å². The predicted molar refractivity (Wildman–Crippen MR) is 217 cm³/mol. The van der Waals surface area contributed by atoms with E-state index in [1.165, 1.54) is 135 Å². The second-order valence-electron chi connectivity index (χ2n) is 13.2. The van der Waals surface area contributed by atoms with Crippen molar-refractivity contribution in [3.05, 3.63) is 36.5 Å². The largest absolute Gasteiger partial charge is 0.370 e. The third kappa shape index (κ3) is 53.6. The number of carbonyl (C=O) groups is 2. The molecule has 0 aliphatic heterocycles. The van der Waals surface area contributed by atoms with Crippen LogP contribution < -0.4 is 11.1 Å². The molecule has 4 heteroatoms. The Balaban J connectivity index is -0.000000827. The van der Waals surface area contributed by atoms with Crippen molar-refractivity contribution in [1.29, 1.82) is 0 Å². The Morgan fingerprint density at radius 3 is 1.29 bits per heavy atom. The zero-order valence-electron chi connectivity index (χ0n) is 33.3. The molecule has 0 spiro atoms. The Kier molecular flexibility index (Phi) is 52.2. The van der Waals surface area contributed by atoms with Crippen LogP contribution in [0.25, 0.3) is 0 Å². The lowest BCUT2D eigenvalue weighted by atomic mass is 10.0. The van der Waals surface area contributed by atoms with Gasteiger partial charge in [-0.2, -0.15) is 0 Å². The highest BCUT2D eigenvalue weighted by molar-refractivity contribution is 5.75. The van der Waals surface area contributed by atoms with Gasteiger partial charge in [0.05, 0.1) is 0 Å². The zero-order valence-corrected chi connectivity index (χ0v) is 33.3. The summed E-state index contributed by atoms with van der Waals surface area (Å²) in [6, 6.07) is 0. The van der Waals surface area contributed by atoms with E-state index in [1.807, 2.05) is 13.8 Å². The summed E-state index contributed by atoms with van der Waals surface area (Å²) in [6.45, 7) is 11.5. The molecule has 0 unspecified atom stereocenters. The van der Waals surface area contributed by atoms with Crippen LogP contribution in [0, 0.1) is 0 Å². The van der Waals surface area contributed by atoms with Crippen LogP contribution in [0.2, 0.25) is 0 Å². The minimum absolute atomic E-state index is 0.175. The van der Waals surface area contributed by atoms with Crippen LogP contribution in [0.5, 0.6) is 0 Å². The second kappa shape index (κ2) is 49.5. The van der Waals surface area contributed by atoms with Crippen molar-refractivity contribution in [2.75, 3.05) is 6.54 Å². The summed E-state index contributed by atoms with van der Waals surface area (Å²) in [5.41, 5.74) is 5.09. The molecular formula is C44H86N2O2. The third-order valence-electron chi connectivity index (χ3n) is 8.43. The second-order valence-corrected chi connectivity index (χ2v) is 13.2. The molecule has 2 amide bonds. The molecule has 0 saturated carbocycles. The van der Waals surface area contributed by atoms with Crippen LogP contribution in [-0.2, 0) is 9.59 Å². The van der Waals surface area contributed by atoms with Gasteiger partial charge in [0.15, 0.2) is 0 Å². The summed E-state index contributed by atoms with van der Waals surface area (Å²) in [5.74, 6) is 0.0855. The first-order chi connectivity index (χ1) is 23.6. The number of primary amides is 1. The van der Waals surface area contributed by atoms with E-state index < -0.39 is 0 Å². The van der Waals surface area contributed by atoms with Gasteiger partial charge >= 0.3 is 0 Å². The molecule has 3 N–H and O–H groups in total. The van der Waals surface area contributed by atoms with Crippen molar-refractivity contribution in [2.24, 2.45) is 5.73 Å². The number of nitrogens with two attached hydrogens (primary N) is 1. The van der Waals surface area contributed by atoms with Gasteiger partial charge in [0.1, 0.15) is 0 Å². The molecule has 0 heterocycles. The fourth-order valence-corrected chi connectivity index (χ4v) is 5.44. The number of nitrogens with one attached hydrogen (secondary N) is 1. The van der Waals surface area contributed by atoms with Gasteiger partial charge < -0.3 is 11.1 Å². The number of rotatable bonds is 34. The summed E-state index contributed by atoms with van der Waals surface area (Å²) >= 11 is 0. The van der Waals surface area contributed by atoms with E-state index in [0.717, 1.165) is 57.9 Å². The predicted octanol–water partition coefficient (Wildman–Crippen LogP) is 14.0. The van der Waals surface area contributed by atoms with Crippen LogP contribution in [0.4, 0.5) is 0 Å². The molecule has 0 fully saturated rings. The van der Waals surface area contributed by atoms with Crippen LogP contribution in [0.15, 0.2) is 36.5 Å². The summed E-state index contributed by atoms with van der Waals surface area (Å²) < 4.78 is 0. The van der Waals surface area contributed by atoms with Gasteiger partial charge in [0.25, 0.3) is 0 Å². The van der Waals surface area contributed by atoms with E-state index in [-0.39, 0.29) is 11.8 Å². The van der Waals surface area contributed by atoms with E-state index in [1.54, 1.807) is 0 Å². The van der Waals surface area contributed by atoms with E-state index in [9.17, 15) is 9.59 Å². The van der Waals surface area contributed by atoms with Gasteiger partial charge in [-0.25, -0.2) is 0 Å². The van der Waals surface area contributed by atoms with Crippen LogP contribution >= 0.6 is 0 Å². The lowest BCUT2D eigenvalue weighted by Gasteiger charge is -2.05. The molecule has 0 saturated heterocycles. The molecule has 0 aromatic carbocycles. The van der Waals surface area contributed by atoms with Crippen LogP contribution in [0.1, 0.15) is 227 Å².